The van der Waals surface area contributed by atoms with E-state index in [1.165, 1.54) is 0 Å². The van der Waals surface area contributed by atoms with Gasteiger partial charge < -0.3 is 15.7 Å². The highest BCUT2D eigenvalue weighted by molar-refractivity contribution is 5.79. The summed E-state index contributed by atoms with van der Waals surface area (Å²) in [7, 11) is 0. The summed E-state index contributed by atoms with van der Waals surface area (Å²) in [5.41, 5.74) is 5.11. The molecule has 0 aromatic rings. The number of carbonyl (C=O) groups excluding carboxylic acids is 1. The van der Waals surface area contributed by atoms with E-state index in [1.54, 1.807) is 6.20 Å². The Kier molecular flexibility index (Phi) is 4.15. The van der Waals surface area contributed by atoms with Crippen molar-refractivity contribution in [2.24, 2.45) is 11.7 Å². The summed E-state index contributed by atoms with van der Waals surface area (Å²) in [6, 6.07) is 0. The third-order valence-corrected chi connectivity index (χ3v) is 2.57. The van der Waals surface area contributed by atoms with E-state index < -0.39 is 5.97 Å². The molecule has 1 aliphatic heterocycles. The summed E-state index contributed by atoms with van der Waals surface area (Å²) in [6.07, 6.45) is 4.95. The van der Waals surface area contributed by atoms with Crippen molar-refractivity contribution in [2.45, 2.75) is 19.3 Å². The van der Waals surface area contributed by atoms with Gasteiger partial charge in [-0.1, -0.05) is 0 Å². The second kappa shape index (κ2) is 5.38. The first-order chi connectivity index (χ1) is 7.08. The first kappa shape index (κ1) is 11.6. The van der Waals surface area contributed by atoms with Gasteiger partial charge in [-0.05, 0) is 18.8 Å². The number of carboxylic acid groups (broad SMARTS) is 1. The number of carbonyl (C=O) groups is 2. The minimum absolute atomic E-state index is 0.255. The number of likely N-dealkylation sites (tertiary alicyclic amines) is 1. The van der Waals surface area contributed by atoms with Gasteiger partial charge in [0, 0.05) is 31.8 Å². The van der Waals surface area contributed by atoms with Gasteiger partial charge in [0.1, 0.15) is 0 Å². The number of primary amides is 1. The predicted octanol–water partition coefficient (Wildman–Crippen LogP) is 0.172. The molecular weight excluding hydrogens is 196 g/mol. The van der Waals surface area contributed by atoms with Crippen molar-refractivity contribution in [3.63, 3.8) is 0 Å². The van der Waals surface area contributed by atoms with Gasteiger partial charge in [-0.2, -0.15) is 0 Å². The third kappa shape index (κ3) is 4.49. The normalized spacial score (nSPS) is 18.3. The number of rotatable bonds is 4. The van der Waals surface area contributed by atoms with E-state index in [9.17, 15) is 9.59 Å². The van der Waals surface area contributed by atoms with Crippen LogP contribution in [0.1, 0.15) is 19.3 Å². The maximum absolute atomic E-state index is 10.7. The Labute approximate surface area is 88.5 Å². The SMILES string of the molecule is NC(=O)CC1CCN(C=CC(=O)O)CC1. The third-order valence-electron chi connectivity index (χ3n) is 2.57. The summed E-state index contributed by atoms with van der Waals surface area (Å²) in [5, 5.41) is 8.44. The Hall–Kier alpha value is -1.52. The zero-order valence-corrected chi connectivity index (χ0v) is 8.56. The van der Waals surface area contributed by atoms with Crippen LogP contribution in [0.25, 0.3) is 0 Å². The smallest absolute Gasteiger partial charge is 0.329 e. The van der Waals surface area contributed by atoms with Crippen LogP contribution in [0.2, 0.25) is 0 Å². The minimum atomic E-state index is -0.936. The molecule has 1 amide bonds. The van der Waals surface area contributed by atoms with E-state index in [2.05, 4.69) is 0 Å². The number of nitrogens with two attached hydrogens (primary N) is 1. The molecule has 3 N–H and O–H groups in total. The summed E-state index contributed by atoms with van der Waals surface area (Å²) in [5.74, 6) is -0.833. The van der Waals surface area contributed by atoms with Crippen LogP contribution in [-0.2, 0) is 9.59 Å². The summed E-state index contributed by atoms with van der Waals surface area (Å²) < 4.78 is 0. The van der Waals surface area contributed by atoms with Gasteiger partial charge >= 0.3 is 5.97 Å². The van der Waals surface area contributed by atoms with E-state index in [0.29, 0.717) is 12.3 Å². The first-order valence-corrected chi connectivity index (χ1v) is 5.01. The highest BCUT2D eigenvalue weighted by Crippen LogP contribution is 2.19. The lowest BCUT2D eigenvalue weighted by molar-refractivity contribution is -0.131. The van der Waals surface area contributed by atoms with Crippen molar-refractivity contribution >= 4 is 11.9 Å². The largest absolute Gasteiger partial charge is 0.478 e. The number of hydrogen-bond acceptors (Lipinski definition) is 3. The molecule has 1 aliphatic rings. The quantitative estimate of drug-likeness (QED) is 0.651. The van der Waals surface area contributed by atoms with Crippen LogP contribution in [-0.4, -0.2) is 35.0 Å². The Morgan fingerprint density at radius 1 is 1.40 bits per heavy atom. The molecule has 0 aliphatic carbocycles. The van der Waals surface area contributed by atoms with Crippen molar-refractivity contribution < 1.29 is 14.7 Å². The first-order valence-electron chi connectivity index (χ1n) is 5.01. The fraction of sp³-hybridized carbons (Fsp3) is 0.600. The van der Waals surface area contributed by atoms with E-state index in [-0.39, 0.29) is 5.91 Å². The van der Waals surface area contributed by atoms with Crippen LogP contribution in [0.5, 0.6) is 0 Å². The average molecular weight is 212 g/mol. The molecule has 15 heavy (non-hydrogen) atoms. The molecule has 5 heteroatoms. The van der Waals surface area contributed by atoms with Crippen molar-refractivity contribution in [3.8, 4) is 0 Å². The van der Waals surface area contributed by atoms with Crippen LogP contribution in [0.4, 0.5) is 0 Å². The monoisotopic (exact) mass is 212 g/mol. The molecule has 1 fully saturated rings. The fourth-order valence-electron chi connectivity index (χ4n) is 1.76. The van der Waals surface area contributed by atoms with Crippen molar-refractivity contribution in [3.05, 3.63) is 12.3 Å². The van der Waals surface area contributed by atoms with Crippen molar-refractivity contribution in [1.82, 2.24) is 4.90 Å². The number of amides is 1. The zero-order chi connectivity index (χ0) is 11.3. The second-order valence-corrected chi connectivity index (χ2v) is 3.80. The summed E-state index contributed by atoms with van der Waals surface area (Å²) in [4.78, 5) is 22.9. The number of aliphatic carboxylic acids is 1. The molecule has 0 aromatic heterocycles. The van der Waals surface area contributed by atoms with Gasteiger partial charge in [-0.15, -0.1) is 0 Å². The molecule has 0 saturated carbocycles. The molecule has 0 atom stereocenters. The molecule has 1 heterocycles. The van der Waals surface area contributed by atoms with Gasteiger partial charge in [0.15, 0.2) is 0 Å². The lowest BCUT2D eigenvalue weighted by Gasteiger charge is -2.30. The molecule has 0 bridgehead atoms. The van der Waals surface area contributed by atoms with E-state index in [0.717, 1.165) is 32.0 Å². The van der Waals surface area contributed by atoms with E-state index in [4.69, 9.17) is 10.8 Å². The predicted molar refractivity (Wildman–Crippen MR) is 54.9 cm³/mol. The lowest BCUT2D eigenvalue weighted by Crippen LogP contribution is -2.31. The van der Waals surface area contributed by atoms with Crippen molar-refractivity contribution in [2.75, 3.05) is 13.1 Å². The van der Waals surface area contributed by atoms with Crippen LogP contribution >= 0.6 is 0 Å². The minimum Gasteiger partial charge on any atom is -0.478 e. The Balaban J connectivity index is 2.29. The number of hydrogen-bond donors (Lipinski definition) is 2. The van der Waals surface area contributed by atoms with E-state index in [1.807, 2.05) is 4.90 Å². The van der Waals surface area contributed by atoms with Crippen LogP contribution in [0, 0.1) is 5.92 Å². The highest BCUT2D eigenvalue weighted by Gasteiger charge is 2.18. The lowest BCUT2D eigenvalue weighted by atomic mass is 9.93. The summed E-state index contributed by atoms with van der Waals surface area (Å²) in [6.45, 7) is 1.59. The van der Waals surface area contributed by atoms with Gasteiger partial charge in [-0.3, -0.25) is 4.79 Å². The molecule has 0 aromatic carbocycles. The molecule has 5 nitrogen and oxygen atoms in total. The van der Waals surface area contributed by atoms with Gasteiger partial charge in [0.05, 0.1) is 0 Å². The van der Waals surface area contributed by atoms with Crippen molar-refractivity contribution in [1.29, 1.82) is 0 Å². The number of carboxylic acids is 1. The maximum atomic E-state index is 10.7. The van der Waals surface area contributed by atoms with E-state index >= 15 is 0 Å². The van der Waals surface area contributed by atoms with Crippen LogP contribution in [0.15, 0.2) is 12.3 Å². The zero-order valence-electron chi connectivity index (χ0n) is 8.56. The molecule has 1 saturated heterocycles. The molecule has 0 spiro atoms. The molecule has 0 radical (unpaired) electrons. The standard InChI is InChI=1S/C10H16N2O3/c11-9(13)7-8-1-4-12(5-2-8)6-3-10(14)15/h3,6,8H,1-2,4-5,7H2,(H2,11,13)(H,14,15). The number of piperidine rings is 1. The van der Waals surface area contributed by atoms with Gasteiger partial charge in [0.25, 0.3) is 0 Å². The second-order valence-electron chi connectivity index (χ2n) is 3.80. The molecular formula is C10H16N2O3. The Morgan fingerprint density at radius 3 is 2.47 bits per heavy atom. The Bertz CT molecular complexity index is 268. The van der Waals surface area contributed by atoms with Gasteiger partial charge in [-0.25, -0.2) is 4.79 Å². The van der Waals surface area contributed by atoms with Crippen LogP contribution in [0.3, 0.4) is 0 Å². The average Bonchev–Trinajstić information content (AvgIpc) is 2.16. The molecule has 0 unspecified atom stereocenters. The molecule has 84 valence electrons. The number of nitrogens with zero attached hydrogens (tertiary/aromatic N) is 1. The van der Waals surface area contributed by atoms with Crippen LogP contribution < -0.4 is 5.73 Å². The fourth-order valence-corrected chi connectivity index (χ4v) is 1.76. The topological polar surface area (TPSA) is 83.6 Å². The van der Waals surface area contributed by atoms with Gasteiger partial charge in [0.2, 0.25) is 5.91 Å². The Morgan fingerprint density at radius 2 is 2.00 bits per heavy atom. The summed E-state index contributed by atoms with van der Waals surface area (Å²) >= 11 is 0. The molecule has 1 rings (SSSR count). The highest BCUT2D eigenvalue weighted by atomic mass is 16.4. The maximum Gasteiger partial charge on any atom is 0.329 e.